The fraction of sp³-hybridized carbons (Fsp3) is 0.353. The third-order valence-electron chi connectivity index (χ3n) is 3.24. The van der Waals surface area contributed by atoms with Gasteiger partial charge in [0.1, 0.15) is 5.75 Å². The lowest BCUT2D eigenvalue weighted by molar-refractivity contribution is -0.134. The summed E-state index contributed by atoms with van der Waals surface area (Å²) in [5, 5.41) is 4.12. The molecule has 1 aromatic carbocycles. The number of hydrogen-bond donors (Lipinski definition) is 0. The first-order chi connectivity index (χ1) is 10.2. The Kier molecular flexibility index (Phi) is 5.81. The number of benzene rings is 1. The van der Waals surface area contributed by atoms with Crippen molar-refractivity contribution < 1.29 is 9.53 Å². The van der Waals surface area contributed by atoms with Gasteiger partial charge >= 0.3 is 0 Å². The van der Waals surface area contributed by atoms with Gasteiger partial charge in [-0.1, -0.05) is 25.1 Å². The molecule has 0 fully saturated rings. The van der Waals surface area contributed by atoms with E-state index in [1.54, 1.807) is 11.3 Å². The molecular weight excluding hydrogens is 282 g/mol. The van der Waals surface area contributed by atoms with Crippen LogP contribution in [0.3, 0.4) is 0 Å². The molecule has 0 saturated carbocycles. The number of nitrogens with zero attached hydrogens (tertiary/aromatic N) is 1. The van der Waals surface area contributed by atoms with Crippen molar-refractivity contribution in [3.8, 4) is 5.75 Å². The highest BCUT2D eigenvalue weighted by Crippen LogP contribution is 2.16. The van der Waals surface area contributed by atoms with Crippen molar-refractivity contribution in [2.45, 2.75) is 26.8 Å². The SMILES string of the molecule is CCCN(Cc1ccsc1)C(=O)COc1ccccc1C. The lowest BCUT2D eigenvalue weighted by atomic mass is 10.2. The van der Waals surface area contributed by atoms with E-state index in [9.17, 15) is 4.79 Å². The van der Waals surface area contributed by atoms with Crippen LogP contribution >= 0.6 is 11.3 Å². The van der Waals surface area contributed by atoms with Crippen LogP contribution < -0.4 is 4.74 Å². The molecule has 0 aliphatic carbocycles. The van der Waals surface area contributed by atoms with Crippen LogP contribution in [0.5, 0.6) is 5.75 Å². The smallest absolute Gasteiger partial charge is 0.260 e. The van der Waals surface area contributed by atoms with E-state index in [1.165, 1.54) is 5.56 Å². The average Bonchev–Trinajstić information content (AvgIpc) is 2.99. The van der Waals surface area contributed by atoms with Gasteiger partial charge in [-0.05, 0) is 47.4 Å². The Morgan fingerprint density at radius 2 is 2.10 bits per heavy atom. The van der Waals surface area contributed by atoms with Crippen molar-refractivity contribution in [2.24, 2.45) is 0 Å². The minimum Gasteiger partial charge on any atom is -0.484 e. The van der Waals surface area contributed by atoms with Crippen molar-refractivity contribution in [3.63, 3.8) is 0 Å². The largest absolute Gasteiger partial charge is 0.484 e. The topological polar surface area (TPSA) is 29.5 Å². The summed E-state index contributed by atoms with van der Waals surface area (Å²) in [6, 6.07) is 9.81. The maximum Gasteiger partial charge on any atom is 0.260 e. The van der Waals surface area contributed by atoms with Gasteiger partial charge in [0.15, 0.2) is 6.61 Å². The molecule has 0 spiro atoms. The summed E-state index contributed by atoms with van der Waals surface area (Å²) in [6.45, 7) is 5.57. The predicted octanol–water partition coefficient (Wildman–Crippen LogP) is 3.87. The van der Waals surface area contributed by atoms with Gasteiger partial charge in [0.25, 0.3) is 5.91 Å². The zero-order chi connectivity index (χ0) is 15.1. The highest BCUT2D eigenvalue weighted by Gasteiger charge is 2.14. The van der Waals surface area contributed by atoms with Crippen molar-refractivity contribution in [1.82, 2.24) is 4.90 Å². The van der Waals surface area contributed by atoms with Crippen LogP contribution in [0.1, 0.15) is 24.5 Å². The molecule has 0 radical (unpaired) electrons. The van der Waals surface area contributed by atoms with Crippen LogP contribution in [0.2, 0.25) is 0 Å². The third-order valence-corrected chi connectivity index (χ3v) is 3.98. The second-order valence-corrected chi connectivity index (χ2v) is 5.78. The minimum atomic E-state index is 0.0336. The fourth-order valence-electron chi connectivity index (χ4n) is 2.11. The second kappa shape index (κ2) is 7.84. The van der Waals surface area contributed by atoms with Crippen LogP contribution in [-0.2, 0) is 11.3 Å². The van der Waals surface area contributed by atoms with E-state index in [1.807, 2.05) is 41.5 Å². The molecule has 21 heavy (non-hydrogen) atoms. The number of para-hydroxylation sites is 1. The van der Waals surface area contributed by atoms with Gasteiger partial charge in [-0.2, -0.15) is 11.3 Å². The number of carbonyl (C=O) groups excluding carboxylic acids is 1. The van der Waals surface area contributed by atoms with Gasteiger partial charge in [0.2, 0.25) is 0 Å². The van der Waals surface area contributed by atoms with E-state index in [4.69, 9.17) is 4.74 Å². The Morgan fingerprint density at radius 3 is 2.76 bits per heavy atom. The highest BCUT2D eigenvalue weighted by molar-refractivity contribution is 7.07. The minimum absolute atomic E-state index is 0.0336. The monoisotopic (exact) mass is 303 g/mol. The van der Waals surface area contributed by atoms with Crippen LogP contribution in [0.15, 0.2) is 41.1 Å². The van der Waals surface area contributed by atoms with E-state index in [2.05, 4.69) is 18.4 Å². The number of rotatable bonds is 7. The number of thiophene rings is 1. The number of ether oxygens (including phenoxy) is 1. The molecule has 4 heteroatoms. The van der Waals surface area contributed by atoms with E-state index in [0.717, 1.165) is 24.3 Å². The number of hydrogen-bond acceptors (Lipinski definition) is 3. The molecule has 2 rings (SSSR count). The summed E-state index contributed by atoms with van der Waals surface area (Å²) in [6.07, 6.45) is 0.945. The first-order valence-electron chi connectivity index (χ1n) is 7.18. The standard InChI is InChI=1S/C17H21NO2S/c1-3-9-18(11-15-8-10-21-13-15)17(19)12-20-16-7-5-4-6-14(16)2/h4-8,10,13H,3,9,11-12H2,1-2H3. The molecule has 0 bridgehead atoms. The number of amides is 1. The molecule has 0 N–H and O–H groups in total. The Bertz CT molecular complexity index is 566. The number of aryl methyl sites for hydroxylation is 1. The van der Waals surface area contributed by atoms with Crippen LogP contribution in [-0.4, -0.2) is 24.0 Å². The molecule has 2 aromatic rings. The van der Waals surface area contributed by atoms with Crippen LogP contribution in [0.25, 0.3) is 0 Å². The van der Waals surface area contributed by atoms with Crippen molar-refractivity contribution in [3.05, 3.63) is 52.2 Å². The molecule has 0 unspecified atom stereocenters. The predicted molar refractivity (Wildman–Crippen MR) is 86.7 cm³/mol. The van der Waals surface area contributed by atoms with E-state index >= 15 is 0 Å². The quantitative estimate of drug-likeness (QED) is 0.777. The molecule has 1 amide bonds. The number of carbonyl (C=O) groups is 1. The second-order valence-electron chi connectivity index (χ2n) is 5.00. The Labute approximate surface area is 130 Å². The van der Waals surface area contributed by atoms with Gasteiger partial charge in [-0.15, -0.1) is 0 Å². The highest BCUT2D eigenvalue weighted by atomic mass is 32.1. The van der Waals surface area contributed by atoms with Crippen molar-refractivity contribution in [2.75, 3.05) is 13.2 Å². The molecule has 0 aliphatic heterocycles. The van der Waals surface area contributed by atoms with Crippen molar-refractivity contribution >= 4 is 17.2 Å². The van der Waals surface area contributed by atoms with E-state index in [0.29, 0.717) is 6.54 Å². The normalized spacial score (nSPS) is 10.4. The Hall–Kier alpha value is -1.81. The van der Waals surface area contributed by atoms with Gasteiger partial charge < -0.3 is 9.64 Å². The summed E-state index contributed by atoms with van der Waals surface area (Å²) in [5.41, 5.74) is 2.22. The van der Waals surface area contributed by atoms with Crippen LogP contribution in [0.4, 0.5) is 0 Å². The molecule has 0 aliphatic rings. The Balaban J connectivity index is 1.94. The fourth-order valence-corrected chi connectivity index (χ4v) is 2.77. The summed E-state index contributed by atoms with van der Waals surface area (Å²) in [5.74, 6) is 0.809. The summed E-state index contributed by atoms with van der Waals surface area (Å²) in [7, 11) is 0. The zero-order valence-corrected chi connectivity index (χ0v) is 13.4. The summed E-state index contributed by atoms with van der Waals surface area (Å²) >= 11 is 1.65. The van der Waals surface area contributed by atoms with Gasteiger partial charge in [0, 0.05) is 13.1 Å². The van der Waals surface area contributed by atoms with E-state index < -0.39 is 0 Å². The third kappa shape index (κ3) is 4.60. The lowest BCUT2D eigenvalue weighted by Crippen LogP contribution is -2.35. The molecule has 112 valence electrons. The van der Waals surface area contributed by atoms with Crippen molar-refractivity contribution in [1.29, 1.82) is 0 Å². The molecule has 1 aromatic heterocycles. The maximum absolute atomic E-state index is 12.3. The molecular formula is C17H21NO2S. The lowest BCUT2D eigenvalue weighted by Gasteiger charge is -2.22. The maximum atomic E-state index is 12.3. The van der Waals surface area contributed by atoms with Gasteiger partial charge in [-0.3, -0.25) is 4.79 Å². The first kappa shape index (κ1) is 15.6. The molecule has 3 nitrogen and oxygen atoms in total. The van der Waals surface area contributed by atoms with Gasteiger partial charge in [-0.25, -0.2) is 0 Å². The summed E-state index contributed by atoms with van der Waals surface area (Å²) < 4.78 is 5.66. The molecule has 0 saturated heterocycles. The average molecular weight is 303 g/mol. The first-order valence-corrected chi connectivity index (χ1v) is 8.12. The van der Waals surface area contributed by atoms with Crippen LogP contribution in [0, 0.1) is 6.92 Å². The summed E-state index contributed by atoms with van der Waals surface area (Å²) in [4.78, 5) is 14.2. The zero-order valence-electron chi connectivity index (χ0n) is 12.5. The van der Waals surface area contributed by atoms with Gasteiger partial charge in [0.05, 0.1) is 0 Å². The van der Waals surface area contributed by atoms with E-state index in [-0.39, 0.29) is 12.5 Å². The Morgan fingerprint density at radius 1 is 1.29 bits per heavy atom. The molecule has 0 atom stereocenters. The molecule has 1 heterocycles.